The van der Waals surface area contributed by atoms with Crippen molar-refractivity contribution in [1.82, 2.24) is 0 Å². The Bertz CT molecular complexity index is 538. The van der Waals surface area contributed by atoms with Crippen molar-refractivity contribution in [2.75, 3.05) is 5.73 Å². The topological polar surface area (TPSA) is 59.0 Å². The van der Waals surface area contributed by atoms with Crippen LogP contribution in [0.5, 0.6) is 0 Å². The molecule has 0 saturated carbocycles. The van der Waals surface area contributed by atoms with E-state index in [2.05, 4.69) is 6.07 Å². The quantitative estimate of drug-likeness (QED) is 0.833. The van der Waals surface area contributed by atoms with E-state index in [0.717, 1.165) is 16.8 Å². The Morgan fingerprint density at radius 2 is 1.39 bits per heavy atom. The average Bonchev–Trinajstić information content (AvgIpc) is 2.42. The molecule has 2 rings (SSSR count). The Morgan fingerprint density at radius 3 is 1.89 bits per heavy atom. The number of benzene rings is 2. The summed E-state index contributed by atoms with van der Waals surface area (Å²) in [5.74, 6) is 0. The van der Waals surface area contributed by atoms with Crippen LogP contribution >= 0.6 is 0 Å². The molecule has 3 nitrogen and oxygen atoms in total. The number of hydrogen-bond donors (Lipinski definition) is 1. The number of anilines is 1. The van der Waals surface area contributed by atoms with Gasteiger partial charge in [0.25, 0.3) is 0 Å². The van der Waals surface area contributed by atoms with Crippen molar-refractivity contribution >= 4 is 5.69 Å². The van der Waals surface area contributed by atoms with Crippen LogP contribution in [0, 0.1) is 11.3 Å². The molecular formula is C15H14N2O. The van der Waals surface area contributed by atoms with Crippen LogP contribution in [-0.4, -0.2) is 0 Å². The number of nitrogens with zero attached hydrogens (tertiary/aromatic N) is 1. The van der Waals surface area contributed by atoms with E-state index in [1.54, 1.807) is 12.1 Å². The molecule has 0 unspecified atom stereocenters. The van der Waals surface area contributed by atoms with Crippen molar-refractivity contribution < 1.29 is 4.74 Å². The highest BCUT2D eigenvalue weighted by molar-refractivity contribution is 5.39. The van der Waals surface area contributed by atoms with Gasteiger partial charge >= 0.3 is 0 Å². The predicted molar refractivity (Wildman–Crippen MR) is 70.5 cm³/mol. The first kappa shape index (κ1) is 12.2. The Balaban J connectivity index is 1.84. The minimum Gasteiger partial charge on any atom is -0.399 e. The maximum Gasteiger partial charge on any atom is 0.0991 e. The predicted octanol–water partition coefficient (Wildman–Crippen LogP) is 2.86. The largest absolute Gasteiger partial charge is 0.399 e. The lowest BCUT2D eigenvalue weighted by Gasteiger charge is -2.05. The molecule has 0 aliphatic heterocycles. The fourth-order valence-electron chi connectivity index (χ4n) is 1.58. The Morgan fingerprint density at radius 1 is 0.889 bits per heavy atom. The zero-order valence-corrected chi connectivity index (χ0v) is 9.97. The summed E-state index contributed by atoms with van der Waals surface area (Å²) in [5.41, 5.74) is 9.18. The van der Waals surface area contributed by atoms with Gasteiger partial charge in [-0.25, -0.2) is 0 Å². The first-order valence-corrected chi connectivity index (χ1v) is 5.69. The van der Waals surface area contributed by atoms with E-state index in [1.165, 1.54) is 0 Å². The molecule has 2 N–H and O–H groups in total. The maximum atomic E-state index is 8.68. The lowest BCUT2D eigenvalue weighted by Crippen LogP contribution is -1.94. The minimum atomic E-state index is 0.538. The summed E-state index contributed by atoms with van der Waals surface area (Å²) in [7, 11) is 0. The Hall–Kier alpha value is -2.31. The van der Waals surface area contributed by atoms with Gasteiger partial charge in [0.1, 0.15) is 0 Å². The summed E-state index contributed by atoms with van der Waals surface area (Å²) in [6.45, 7) is 1.09. The molecular weight excluding hydrogens is 224 g/mol. The van der Waals surface area contributed by atoms with Crippen molar-refractivity contribution in [3.8, 4) is 6.07 Å². The maximum absolute atomic E-state index is 8.68. The summed E-state index contributed by atoms with van der Waals surface area (Å²) in [6.07, 6.45) is 0. The van der Waals surface area contributed by atoms with E-state index in [-0.39, 0.29) is 0 Å². The second-order valence-electron chi connectivity index (χ2n) is 4.04. The van der Waals surface area contributed by atoms with Crippen LogP contribution in [0.15, 0.2) is 48.5 Å². The summed E-state index contributed by atoms with van der Waals surface area (Å²) >= 11 is 0. The van der Waals surface area contributed by atoms with E-state index >= 15 is 0 Å². The molecule has 0 spiro atoms. The fourth-order valence-corrected chi connectivity index (χ4v) is 1.58. The van der Waals surface area contributed by atoms with Gasteiger partial charge in [0, 0.05) is 5.69 Å². The Kier molecular flexibility index (Phi) is 3.95. The molecule has 0 aliphatic rings. The molecule has 2 aromatic rings. The molecule has 2 aromatic carbocycles. The number of ether oxygens (including phenoxy) is 1. The highest BCUT2D eigenvalue weighted by Gasteiger charge is 1.96. The van der Waals surface area contributed by atoms with Gasteiger partial charge in [-0.15, -0.1) is 0 Å². The standard InChI is InChI=1S/C15H14N2O/c16-9-12-1-3-13(4-2-12)10-18-11-14-5-7-15(17)8-6-14/h1-8H,10-11,17H2. The molecule has 0 saturated heterocycles. The third kappa shape index (κ3) is 3.34. The van der Waals surface area contributed by atoms with Crippen LogP contribution in [0.2, 0.25) is 0 Å². The lowest BCUT2D eigenvalue weighted by atomic mass is 10.1. The summed E-state index contributed by atoms with van der Waals surface area (Å²) in [5, 5.41) is 8.68. The molecule has 0 aromatic heterocycles. The van der Waals surface area contributed by atoms with Crippen molar-refractivity contribution in [2.24, 2.45) is 0 Å². The molecule has 90 valence electrons. The van der Waals surface area contributed by atoms with Gasteiger partial charge in [-0.1, -0.05) is 24.3 Å². The van der Waals surface area contributed by atoms with Gasteiger partial charge in [-0.05, 0) is 35.4 Å². The smallest absolute Gasteiger partial charge is 0.0991 e. The zero-order valence-electron chi connectivity index (χ0n) is 9.97. The van der Waals surface area contributed by atoms with Crippen molar-refractivity contribution in [2.45, 2.75) is 13.2 Å². The average molecular weight is 238 g/mol. The third-order valence-electron chi connectivity index (χ3n) is 2.60. The van der Waals surface area contributed by atoms with Crippen LogP contribution in [0.3, 0.4) is 0 Å². The van der Waals surface area contributed by atoms with Crippen LogP contribution in [0.4, 0.5) is 5.69 Å². The van der Waals surface area contributed by atoms with Gasteiger partial charge in [0.15, 0.2) is 0 Å². The second-order valence-corrected chi connectivity index (χ2v) is 4.04. The first-order chi connectivity index (χ1) is 8.78. The summed E-state index contributed by atoms with van der Waals surface area (Å²) in [6, 6.07) is 17.1. The van der Waals surface area contributed by atoms with Gasteiger partial charge in [-0.2, -0.15) is 5.26 Å². The van der Waals surface area contributed by atoms with Gasteiger partial charge in [0.2, 0.25) is 0 Å². The van der Waals surface area contributed by atoms with E-state index in [1.807, 2.05) is 36.4 Å². The first-order valence-electron chi connectivity index (χ1n) is 5.69. The molecule has 0 radical (unpaired) electrons. The van der Waals surface area contributed by atoms with Crippen molar-refractivity contribution in [1.29, 1.82) is 5.26 Å². The molecule has 0 amide bonds. The van der Waals surface area contributed by atoms with E-state index in [4.69, 9.17) is 15.7 Å². The molecule has 0 fully saturated rings. The van der Waals surface area contributed by atoms with E-state index in [0.29, 0.717) is 18.8 Å². The molecule has 18 heavy (non-hydrogen) atoms. The van der Waals surface area contributed by atoms with E-state index in [9.17, 15) is 0 Å². The normalized spacial score (nSPS) is 9.94. The van der Waals surface area contributed by atoms with Crippen LogP contribution in [-0.2, 0) is 18.0 Å². The zero-order chi connectivity index (χ0) is 12.8. The third-order valence-corrected chi connectivity index (χ3v) is 2.60. The summed E-state index contributed by atoms with van der Waals surface area (Å²) in [4.78, 5) is 0. The highest BCUT2D eigenvalue weighted by Crippen LogP contribution is 2.09. The Labute approximate surface area is 106 Å². The lowest BCUT2D eigenvalue weighted by molar-refractivity contribution is 0.107. The second kappa shape index (κ2) is 5.85. The van der Waals surface area contributed by atoms with Crippen LogP contribution in [0.25, 0.3) is 0 Å². The van der Waals surface area contributed by atoms with Crippen LogP contribution in [0.1, 0.15) is 16.7 Å². The molecule has 0 heterocycles. The van der Waals surface area contributed by atoms with Crippen molar-refractivity contribution in [3.63, 3.8) is 0 Å². The van der Waals surface area contributed by atoms with E-state index < -0.39 is 0 Å². The molecule has 3 heteroatoms. The number of hydrogen-bond acceptors (Lipinski definition) is 3. The number of rotatable bonds is 4. The molecule has 0 bridgehead atoms. The number of nitrogen functional groups attached to an aromatic ring is 1. The SMILES string of the molecule is N#Cc1ccc(COCc2ccc(N)cc2)cc1. The van der Waals surface area contributed by atoms with Crippen LogP contribution < -0.4 is 5.73 Å². The fraction of sp³-hybridized carbons (Fsp3) is 0.133. The highest BCUT2D eigenvalue weighted by atomic mass is 16.5. The minimum absolute atomic E-state index is 0.538. The van der Waals surface area contributed by atoms with Gasteiger partial charge in [0.05, 0.1) is 24.8 Å². The molecule has 0 aliphatic carbocycles. The monoisotopic (exact) mass is 238 g/mol. The molecule has 0 atom stereocenters. The van der Waals surface area contributed by atoms with Crippen molar-refractivity contribution in [3.05, 3.63) is 65.2 Å². The van der Waals surface area contributed by atoms with Gasteiger partial charge in [-0.3, -0.25) is 0 Å². The number of nitrogens with two attached hydrogens (primary N) is 1. The summed E-state index contributed by atoms with van der Waals surface area (Å²) < 4.78 is 5.60. The number of nitriles is 1. The van der Waals surface area contributed by atoms with Gasteiger partial charge < -0.3 is 10.5 Å².